The summed E-state index contributed by atoms with van der Waals surface area (Å²) in [4.78, 5) is 9.93. The van der Waals surface area contributed by atoms with E-state index >= 15 is 0 Å². The zero-order valence-corrected chi connectivity index (χ0v) is 15.1. The highest BCUT2D eigenvalue weighted by atomic mass is 15.1. The van der Waals surface area contributed by atoms with Crippen LogP contribution in [-0.2, 0) is 19.6 Å². The average molecular weight is 346 g/mol. The Hall–Kier alpha value is -2.43. The summed E-state index contributed by atoms with van der Waals surface area (Å²) in [6.07, 6.45) is 6.33. The number of H-pyrrole nitrogens is 1. The van der Waals surface area contributed by atoms with E-state index in [1.165, 1.54) is 48.2 Å². The second-order valence-corrected chi connectivity index (χ2v) is 6.98. The lowest BCUT2D eigenvalue weighted by molar-refractivity contribution is 0.331. The zero-order chi connectivity index (χ0) is 17.6. The Morgan fingerprint density at radius 3 is 2.54 bits per heavy atom. The second-order valence-electron chi connectivity index (χ2n) is 6.98. The molecule has 0 radical (unpaired) electrons. The van der Waals surface area contributed by atoms with Crippen LogP contribution in [0.5, 0.6) is 0 Å². The molecule has 0 atom stereocenters. The van der Waals surface area contributed by atoms with Crippen molar-refractivity contribution < 1.29 is 0 Å². The van der Waals surface area contributed by atoms with Crippen molar-refractivity contribution in [3.63, 3.8) is 0 Å². The molecule has 0 unspecified atom stereocenters. The van der Waals surface area contributed by atoms with E-state index in [0.717, 1.165) is 25.5 Å². The van der Waals surface area contributed by atoms with Crippen molar-refractivity contribution in [2.24, 2.45) is 0 Å². The molecule has 3 aromatic rings. The topological polar surface area (TPSA) is 44.0 Å². The van der Waals surface area contributed by atoms with Gasteiger partial charge in [-0.2, -0.15) is 0 Å². The quantitative estimate of drug-likeness (QED) is 0.680. The molecule has 1 aliphatic rings. The van der Waals surface area contributed by atoms with E-state index in [2.05, 4.69) is 68.7 Å². The summed E-state index contributed by atoms with van der Waals surface area (Å²) in [5.74, 6) is 0.966. The van der Waals surface area contributed by atoms with Gasteiger partial charge in [0.25, 0.3) is 0 Å². The van der Waals surface area contributed by atoms with Gasteiger partial charge in [-0.15, -0.1) is 0 Å². The smallest absolute Gasteiger partial charge is 0.120 e. The van der Waals surface area contributed by atoms with E-state index in [0.29, 0.717) is 0 Å². The lowest BCUT2D eigenvalue weighted by Crippen LogP contribution is -2.18. The third-order valence-corrected chi connectivity index (χ3v) is 5.05. The van der Waals surface area contributed by atoms with Crippen molar-refractivity contribution in [2.75, 3.05) is 13.1 Å². The fourth-order valence-electron chi connectivity index (χ4n) is 3.65. The maximum atomic E-state index is 4.26. The minimum atomic E-state index is 0.746. The molecule has 4 heteroatoms. The molecule has 2 N–H and O–H groups in total. The van der Waals surface area contributed by atoms with E-state index in [1.54, 1.807) is 6.20 Å². The lowest BCUT2D eigenvalue weighted by Gasteiger charge is -2.15. The zero-order valence-electron chi connectivity index (χ0n) is 15.1. The van der Waals surface area contributed by atoms with Crippen molar-refractivity contribution in [3.05, 3.63) is 77.9 Å². The summed E-state index contributed by atoms with van der Waals surface area (Å²) >= 11 is 0. The Kier molecular flexibility index (Phi) is 5.43. The first kappa shape index (κ1) is 17.0. The van der Waals surface area contributed by atoms with Crippen molar-refractivity contribution in [1.82, 2.24) is 20.2 Å². The van der Waals surface area contributed by atoms with Crippen LogP contribution in [0.1, 0.15) is 29.8 Å². The third kappa shape index (κ3) is 4.21. The summed E-state index contributed by atoms with van der Waals surface area (Å²) in [5.41, 5.74) is 5.30. The maximum Gasteiger partial charge on any atom is 0.120 e. The molecule has 2 aromatic carbocycles. The summed E-state index contributed by atoms with van der Waals surface area (Å²) in [5, 5.41) is 3.47. The van der Waals surface area contributed by atoms with Gasteiger partial charge in [0.2, 0.25) is 0 Å². The van der Waals surface area contributed by atoms with Gasteiger partial charge in [0.1, 0.15) is 5.82 Å². The Bertz CT molecular complexity index is 802. The van der Waals surface area contributed by atoms with Gasteiger partial charge < -0.3 is 10.3 Å². The van der Waals surface area contributed by atoms with Crippen LogP contribution in [0.3, 0.4) is 0 Å². The summed E-state index contributed by atoms with van der Waals surface area (Å²) in [6, 6.07) is 17.7. The van der Waals surface area contributed by atoms with Crippen molar-refractivity contribution >= 4 is 0 Å². The van der Waals surface area contributed by atoms with E-state index in [9.17, 15) is 0 Å². The lowest BCUT2D eigenvalue weighted by atomic mass is 9.98. The molecule has 1 saturated heterocycles. The summed E-state index contributed by atoms with van der Waals surface area (Å²) in [6.45, 7) is 5.13. The molecule has 1 aliphatic heterocycles. The predicted molar refractivity (Wildman–Crippen MR) is 106 cm³/mol. The summed E-state index contributed by atoms with van der Waals surface area (Å²) < 4.78 is 0. The minimum Gasteiger partial charge on any atom is -0.348 e. The van der Waals surface area contributed by atoms with Crippen LogP contribution in [0, 0.1) is 0 Å². The fourth-order valence-corrected chi connectivity index (χ4v) is 3.65. The maximum absolute atomic E-state index is 4.26. The first-order valence-electron chi connectivity index (χ1n) is 9.47. The minimum absolute atomic E-state index is 0.746. The second kappa shape index (κ2) is 8.30. The van der Waals surface area contributed by atoms with Gasteiger partial charge in [0, 0.05) is 25.5 Å². The molecule has 0 spiro atoms. The first-order chi connectivity index (χ1) is 12.9. The van der Waals surface area contributed by atoms with Gasteiger partial charge in [-0.25, -0.2) is 4.98 Å². The number of imidazole rings is 1. The monoisotopic (exact) mass is 346 g/mol. The highest BCUT2D eigenvalue weighted by Gasteiger charge is 2.12. The Morgan fingerprint density at radius 2 is 1.77 bits per heavy atom. The molecular weight excluding hydrogens is 320 g/mol. The van der Waals surface area contributed by atoms with E-state index in [-0.39, 0.29) is 0 Å². The normalized spacial score (nSPS) is 14.8. The summed E-state index contributed by atoms with van der Waals surface area (Å²) in [7, 11) is 0. The number of likely N-dealkylation sites (tertiary alicyclic amines) is 1. The van der Waals surface area contributed by atoms with Gasteiger partial charge in [-0.1, -0.05) is 48.5 Å². The van der Waals surface area contributed by atoms with Crippen LogP contribution in [-0.4, -0.2) is 28.0 Å². The molecule has 4 rings (SSSR count). The molecule has 1 fully saturated rings. The molecule has 0 aliphatic carbocycles. The number of aromatic amines is 1. The number of nitrogens with one attached hydrogen (secondary N) is 2. The SMILES string of the molecule is c1ccc(-c2ccc(CN3CCCC3)cc2)c(CNCc2ncc[nH]2)c1. The van der Waals surface area contributed by atoms with E-state index < -0.39 is 0 Å². The molecule has 134 valence electrons. The van der Waals surface area contributed by atoms with Crippen LogP contribution in [0.25, 0.3) is 11.1 Å². The largest absolute Gasteiger partial charge is 0.348 e. The predicted octanol–water partition coefficient (Wildman–Crippen LogP) is 3.96. The van der Waals surface area contributed by atoms with Crippen LogP contribution in [0.2, 0.25) is 0 Å². The highest BCUT2D eigenvalue weighted by molar-refractivity contribution is 5.67. The van der Waals surface area contributed by atoms with Crippen LogP contribution in [0.4, 0.5) is 0 Å². The van der Waals surface area contributed by atoms with Crippen molar-refractivity contribution in [3.8, 4) is 11.1 Å². The molecule has 0 bridgehead atoms. The van der Waals surface area contributed by atoms with Crippen LogP contribution >= 0.6 is 0 Å². The van der Waals surface area contributed by atoms with Crippen LogP contribution in [0.15, 0.2) is 60.9 Å². The van der Waals surface area contributed by atoms with Gasteiger partial charge in [0.05, 0.1) is 6.54 Å². The average Bonchev–Trinajstić information content (AvgIpc) is 3.37. The van der Waals surface area contributed by atoms with E-state index in [1.807, 2.05) is 6.20 Å². The van der Waals surface area contributed by atoms with Gasteiger partial charge in [-0.3, -0.25) is 4.90 Å². The third-order valence-electron chi connectivity index (χ3n) is 5.05. The molecule has 0 saturated carbocycles. The molecule has 0 amide bonds. The Balaban J connectivity index is 1.43. The number of benzene rings is 2. The number of nitrogens with zero attached hydrogens (tertiary/aromatic N) is 2. The van der Waals surface area contributed by atoms with Gasteiger partial charge >= 0.3 is 0 Å². The van der Waals surface area contributed by atoms with E-state index in [4.69, 9.17) is 0 Å². The Labute approximate surface area is 155 Å². The highest BCUT2D eigenvalue weighted by Crippen LogP contribution is 2.25. The molecule has 26 heavy (non-hydrogen) atoms. The van der Waals surface area contributed by atoms with Crippen molar-refractivity contribution in [1.29, 1.82) is 0 Å². The molecule has 4 nitrogen and oxygen atoms in total. The number of rotatable bonds is 7. The first-order valence-corrected chi connectivity index (χ1v) is 9.47. The number of aromatic nitrogens is 2. The number of hydrogen-bond acceptors (Lipinski definition) is 3. The number of hydrogen-bond donors (Lipinski definition) is 2. The fraction of sp³-hybridized carbons (Fsp3) is 0.318. The van der Waals surface area contributed by atoms with Gasteiger partial charge in [-0.05, 0) is 48.2 Å². The van der Waals surface area contributed by atoms with Gasteiger partial charge in [0.15, 0.2) is 0 Å². The molecule has 2 heterocycles. The Morgan fingerprint density at radius 1 is 0.962 bits per heavy atom. The van der Waals surface area contributed by atoms with Crippen LogP contribution < -0.4 is 5.32 Å². The molecular formula is C22H26N4. The standard InChI is InChI=1S/C22H26N4/c1-2-6-21(20(5-1)15-23-16-22-24-11-12-25-22)19-9-7-18(8-10-19)17-26-13-3-4-14-26/h1-2,5-12,23H,3-4,13-17H2,(H,24,25). The van der Waals surface area contributed by atoms with Crippen molar-refractivity contribution in [2.45, 2.75) is 32.5 Å². The molecule has 1 aromatic heterocycles.